The molecule has 0 saturated heterocycles. The van der Waals surface area contributed by atoms with Crippen molar-refractivity contribution in [2.45, 2.75) is 6.42 Å². The van der Waals surface area contributed by atoms with Crippen LogP contribution in [-0.4, -0.2) is 35.6 Å². The maximum Gasteiger partial charge on any atom is 0.319 e. The van der Waals surface area contributed by atoms with Crippen LogP contribution in [0.5, 0.6) is 17.4 Å². The second-order valence-electron chi connectivity index (χ2n) is 7.95. The van der Waals surface area contributed by atoms with E-state index in [0.29, 0.717) is 28.8 Å². The number of carbonyl (C=O) groups is 2. The van der Waals surface area contributed by atoms with Crippen LogP contribution in [0.25, 0.3) is 10.9 Å². The lowest BCUT2D eigenvalue weighted by atomic mass is 10.1. The number of anilines is 2. The van der Waals surface area contributed by atoms with Crippen molar-refractivity contribution in [3.8, 4) is 17.4 Å². The predicted octanol–water partition coefficient (Wildman–Crippen LogP) is 5.20. The average Bonchev–Trinajstić information content (AvgIpc) is 2.90. The Morgan fingerprint density at radius 1 is 1.03 bits per heavy atom. The summed E-state index contributed by atoms with van der Waals surface area (Å²) >= 11 is 0. The lowest BCUT2D eigenvalue weighted by molar-refractivity contribution is -0.111. The zero-order chi connectivity index (χ0) is 27.1. The first-order valence-electron chi connectivity index (χ1n) is 11.4. The smallest absolute Gasteiger partial charge is 0.319 e. The van der Waals surface area contributed by atoms with Gasteiger partial charge < -0.3 is 25.4 Å². The molecule has 38 heavy (non-hydrogen) atoms. The van der Waals surface area contributed by atoms with E-state index in [0.717, 1.165) is 17.7 Å². The van der Waals surface area contributed by atoms with Gasteiger partial charge in [0, 0.05) is 24.4 Å². The number of methoxy groups -OCH3 is 1. The molecule has 0 atom stereocenters. The van der Waals surface area contributed by atoms with Gasteiger partial charge in [0.1, 0.15) is 17.9 Å². The number of amides is 3. The minimum absolute atomic E-state index is 0.0430. The molecule has 0 fully saturated rings. The maximum atomic E-state index is 14.8. The molecule has 0 aliphatic heterocycles. The molecule has 1 heterocycles. The van der Waals surface area contributed by atoms with Crippen LogP contribution in [0.3, 0.4) is 0 Å². The van der Waals surface area contributed by atoms with Crippen LogP contribution in [0.15, 0.2) is 73.6 Å². The van der Waals surface area contributed by atoms with Crippen LogP contribution in [0, 0.1) is 11.6 Å². The number of hydrogen-bond acceptors (Lipinski definition) is 6. The molecule has 0 spiro atoms. The van der Waals surface area contributed by atoms with Crippen LogP contribution in [-0.2, 0) is 11.2 Å². The van der Waals surface area contributed by atoms with E-state index in [2.05, 4.69) is 32.5 Å². The summed E-state index contributed by atoms with van der Waals surface area (Å²) in [6.45, 7) is 3.69. The van der Waals surface area contributed by atoms with Crippen LogP contribution in [0.4, 0.5) is 25.0 Å². The van der Waals surface area contributed by atoms with Crippen LogP contribution in [0.1, 0.15) is 5.56 Å². The van der Waals surface area contributed by atoms with E-state index in [1.165, 1.54) is 37.7 Å². The molecule has 0 bridgehead atoms. The molecule has 0 unspecified atom stereocenters. The van der Waals surface area contributed by atoms with Crippen molar-refractivity contribution in [2.75, 3.05) is 24.3 Å². The van der Waals surface area contributed by atoms with Crippen LogP contribution >= 0.6 is 0 Å². The van der Waals surface area contributed by atoms with Gasteiger partial charge in [0.05, 0.1) is 23.7 Å². The van der Waals surface area contributed by atoms with Gasteiger partial charge in [0.25, 0.3) is 0 Å². The fraction of sp³-hybridized carbons (Fsp3) is 0.111. The van der Waals surface area contributed by atoms with E-state index in [4.69, 9.17) is 9.47 Å². The standard InChI is InChI=1S/C27H23F2N5O4/c1-3-25(35)34-22-13-19-21(14-24(22)37-2)31-15-32-26(19)38-23-8-7-18(12-20(23)29)33-27(36)30-10-9-16-5-4-6-17(28)11-16/h3-8,11-15H,1,9-10H2,2H3,(H,34,35)(H2,30,33,36). The van der Waals surface area contributed by atoms with Gasteiger partial charge >= 0.3 is 6.03 Å². The van der Waals surface area contributed by atoms with Gasteiger partial charge in [-0.1, -0.05) is 18.7 Å². The second kappa shape index (κ2) is 11.8. The SMILES string of the molecule is C=CC(=O)Nc1cc2c(Oc3ccc(NC(=O)NCCc4cccc(F)c4)cc3F)ncnc2cc1OC. The third-order valence-corrected chi connectivity index (χ3v) is 5.35. The minimum atomic E-state index is -0.747. The van der Waals surface area contributed by atoms with Gasteiger partial charge in [-0.25, -0.2) is 23.5 Å². The molecule has 194 valence electrons. The summed E-state index contributed by atoms with van der Waals surface area (Å²) in [5.74, 6) is -1.29. The Morgan fingerprint density at radius 3 is 2.61 bits per heavy atom. The fourth-order valence-electron chi connectivity index (χ4n) is 3.55. The first-order valence-corrected chi connectivity index (χ1v) is 11.4. The summed E-state index contributed by atoms with van der Waals surface area (Å²) in [4.78, 5) is 32.3. The number of nitrogens with zero attached hydrogens (tertiary/aromatic N) is 2. The number of aromatic nitrogens is 2. The number of urea groups is 1. The van der Waals surface area contributed by atoms with Gasteiger partial charge in [0.2, 0.25) is 11.8 Å². The predicted molar refractivity (Wildman–Crippen MR) is 139 cm³/mol. The van der Waals surface area contributed by atoms with Crippen molar-refractivity contribution in [3.63, 3.8) is 0 Å². The van der Waals surface area contributed by atoms with E-state index in [1.807, 2.05) is 0 Å². The van der Waals surface area contributed by atoms with Crippen molar-refractivity contribution in [2.24, 2.45) is 0 Å². The highest BCUT2D eigenvalue weighted by molar-refractivity contribution is 6.02. The summed E-state index contributed by atoms with van der Waals surface area (Å²) in [7, 11) is 1.44. The van der Waals surface area contributed by atoms with E-state index in [1.54, 1.807) is 24.3 Å². The molecule has 0 aliphatic carbocycles. The van der Waals surface area contributed by atoms with Crippen molar-refractivity contribution in [3.05, 3.63) is 90.8 Å². The molecule has 11 heteroatoms. The summed E-state index contributed by atoms with van der Waals surface area (Å²) in [6, 6.07) is 12.6. The van der Waals surface area contributed by atoms with Gasteiger partial charge in [-0.3, -0.25) is 4.79 Å². The Balaban J connectivity index is 1.45. The molecule has 0 saturated carbocycles. The highest BCUT2D eigenvalue weighted by atomic mass is 19.1. The van der Waals surface area contributed by atoms with Gasteiger partial charge in [-0.15, -0.1) is 0 Å². The number of benzene rings is 3. The summed E-state index contributed by atoms with van der Waals surface area (Å²) < 4.78 is 39.1. The molecule has 3 amide bonds. The first kappa shape index (κ1) is 26.0. The van der Waals surface area contributed by atoms with Gasteiger partial charge in [-0.05, 0) is 48.4 Å². The zero-order valence-electron chi connectivity index (χ0n) is 20.3. The van der Waals surface area contributed by atoms with Crippen molar-refractivity contribution < 1.29 is 27.8 Å². The molecule has 4 rings (SSSR count). The summed E-state index contributed by atoms with van der Waals surface area (Å²) in [5.41, 5.74) is 1.71. The van der Waals surface area contributed by atoms with E-state index >= 15 is 0 Å². The third-order valence-electron chi connectivity index (χ3n) is 5.35. The zero-order valence-corrected chi connectivity index (χ0v) is 20.3. The van der Waals surface area contributed by atoms with Gasteiger partial charge in [-0.2, -0.15) is 0 Å². The Hall–Kier alpha value is -5.06. The molecule has 1 aromatic heterocycles. The number of rotatable bonds is 9. The van der Waals surface area contributed by atoms with Crippen LogP contribution in [0.2, 0.25) is 0 Å². The van der Waals surface area contributed by atoms with Crippen molar-refractivity contribution in [1.82, 2.24) is 15.3 Å². The van der Waals surface area contributed by atoms with Crippen molar-refractivity contribution in [1.29, 1.82) is 0 Å². The summed E-state index contributed by atoms with van der Waals surface area (Å²) in [5, 5.41) is 8.20. The van der Waals surface area contributed by atoms with Crippen molar-refractivity contribution >= 4 is 34.2 Å². The van der Waals surface area contributed by atoms with E-state index < -0.39 is 17.8 Å². The highest BCUT2D eigenvalue weighted by Gasteiger charge is 2.15. The average molecular weight is 520 g/mol. The quantitative estimate of drug-likeness (QED) is 0.262. The normalized spacial score (nSPS) is 10.5. The van der Waals surface area contributed by atoms with E-state index in [-0.39, 0.29) is 29.7 Å². The number of nitrogens with one attached hydrogen (secondary N) is 3. The number of hydrogen-bond donors (Lipinski definition) is 3. The summed E-state index contributed by atoms with van der Waals surface area (Å²) in [6.07, 6.45) is 2.79. The Labute approximate surface area is 216 Å². The Kier molecular flexibility index (Phi) is 8.07. The fourth-order valence-corrected chi connectivity index (χ4v) is 3.55. The number of fused-ring (bicyclic) bond motifs is 1. The van der Waals surface area contributed by atoms with E-state index in [9.17, 15) is 18.4 Å². The number of ether oxygens (including phenoxy) is 2. The molecule has 0 aliphatic rings. The second-order valence-corrected chi connectivity index (χ2v) is 7.95. The number of halogens is 2. The maximum absolute atomic E-state index is 14.8. The molecule has 4 aromatic rings. The Morgan fingerprint density at radius 2 is 1.87 bits per heavy atom. The molecule has 9 nitrogen and oxygen atoms in total. The molecular weight excluding hydrogens is 496 g/mol. The van der Waals surface area contributed by atoms with Gasteiger partial charge in [0.15, 0.2) is 11.6 Å². The monoisotopic (exact) mass is 519 g/mol. The lowest BCUT2D eigenvalue weighted by Gasteiger charge is -2.13. The first-order chi connectivity index (χ1) is 18.4. The molecule has 0 radical (unpaired) electrons. The van der Waals surface area contributed by atoms with Crippen LogP contribution < -0.4 is 25.4 Å². The molecule has 3 N–H and O–H groups in total. The molecular formula is C27H23F2N5O4. The largest absolute Gasteiger partial charge is 0.494 e. The lowest BCUT2D eigenvalue weighted by Crippen LogP contribution is -2.30. The highest BCUT2D eigenvalue weighted by Crippen LogP contribution is 2.35. The third kappa shape index (κ3) is 6.38. The minimum Gasteiger partial charge on any atom is -0.494 e. The topological polar surface area (TPSA) is 114 Å². The molecule has 3 aromatic carbocycles. The Bertz CT molecular complexity index is 1510. The number of carbonyl (C=O) groups excluding carboxylic acids is 2.